The molecule has 1 heterocycles. The summed E-state index contributed by atoms with van der Waals surface area (Å²) in [6.45, 7) is 6.23. The first kappa shape index (κ1) is 18.3. The second kappa shape index (κ2) is 8.15. The van der Waals surface area contributed by atoms with Gasteiger partial charge in [-0.25, -0.2) is 0 Å². The summed E-state index contributed by atoms with van der Waals surface area (Å²) in [5, 5.41) is 10.0. The Bertz CT molecular complexity index is 628. The summed E-state index contributed by atoms with van der Waals surface area (Å²) in [5.41, 5.74) is 1.54. The van der Waals surface area contributed by atoms with Gasteiger partial charge in [0.1, 0.15) is 6.04 Å². The van der Waals surface area contributed by atoms with Crippen LogP contribution in [0.15, 0.2) is 29.4 Å². The van der Waals surface area contributed by atoms with Crippen molar-refractivity contribution in [1.29, 1.82) is 0 Å². The zero-order valence-corrected chi connectivity index (χ0v) is 14.8. The predicted octanol–water partition coefficient (Wildman–Crippen LogP) is 2.11. The second-order valence-electron chi connectivity index (χ2n) is 6.21. The average molecular weight is 352 g/mol. The van der Waals surface area contributed by atoms with Crippen molar-refractivity contribution in [3.05, 3.63) is 34.9 Å². The Morgan fingerprint density at radius 1 is 1.29 bits per heavy atom. The molecule has 0 bridgehead atoms. The highest BCUT2D eigenvalue weighted by Gasteiger charge is 2.30. The van der Waals surface area contributed by atoms with Crippen molar-refractivity contribution in [2.75, 3.05) is 6.54 Å². The Hall–Kier alpha value is -2.08. The third kappa shape index (κ3) is 4.96. The maximum atomic E-state index is 12.2. The van der Waals surface area contributed by atoms with Crippen LogP contribution in [0, 0.1) is 5.92 Å². The Morgan fingerprint density at radius 2 is 1.96 bits per heavy atom. The van der Waals surface area contributed by atoms with Gasteiger partial charge in [-0.15, -0.1) is 0 Å². The first-order valence-electron chi connectivity index (χ1n) is 7.93. The number of carbonyl (C=O) groups excluding carboxylic acids is 2. The monoisotopic (exact) mass is 351 g/mol. The number of amides is 2. The number of nitrogens with one attached hydrogen (secondary N) is 2. The van der Waals surface area contributed by atoms with Gasteiger partial charge in [-0.3, -0.25) is 9.59 Å². The Labute approximate surface area is 146 Å². The van der Waals surface area contributed by atoms with Gasteiger partial charge >= 0.3 is 0 Å². The van der Waals surface area contributed by atoms with Crippen LogP contribution in [0.3, 0.4) is 0 Å². The Kier molecular flexibility index (Phi) is 6.20. The van der Waals surface area contributed by atoms with Crippen LogP contribution in [0.25, 0.3) is 0 Å². The van der Waals surface area contributed by atoms with Gasteiger partial charge in [0.05, 0.1) is 5.71 Å². The lowest BCUT2D eigenvalue weighted by molar-refractivity contribution is -0.135. The highest BCUT2D eigenvalue weighted by molar-refractivity contribution is 6.30. The lowest BCUT2D eigenvalue weighted by Crippen LogP contribution is -2.48. The Morgan fingerprint density at radius 3 is 2.58 bits per heavy atom. The van der Waals surface area contributed by atoms with Crippen LogP contribution in [-0.2, 0) is 14.4 Å². The van der Waals surface area contributed by atoms with Crippen LogP contribution in [0.1, 0.15) is 32.8 Å². The summed E-state index contributed by atoms with van der Waals surface area (Å²) in [7, 11) is 0. The second-order valence-corrected chi connectivity index (χ2v) is 6.65. The largest absolute Gasteiger partial charge is 0.382 e. The number of oxime groups is 1. The minimum absolute atomic E-state index is 0.214. The summed E-state index contributed by atoms with van der Waals surface area (Å²) in [4.78, 5) is 29.3. The van der Waals surface area contributed by atoms with Crippen LogP contribution in [0.4, 0.5) is 0 Å². The summed E-state index contributed by atoms with van der Waals surface area (Å²) in [5.74, 6) is -0.214. The molecule has 0 fully saturated rings. The number of carbonyl (C=O) groups is 2. The molecule has 2 amide bonds. The lowest BCUT2D eigenvalue weighted by atomic mass is 10.0. The number of hydrogen-bond acceptors (Lipinski definition) is 4. The average Bonchev–Trinajstić information content (AvgIpc) is 3.03. The Balaban J connectivity index is 1.84. The molecule has 1 aromatic carbocycles. The zero-order chi connectivity index (χ0) is 17.7. The van der Waals surface area contributed by atoms with E-state index in [9.17, 15) is 9.59 Å². The fourth-order valence-corrected chi connectivity index (χ4v) is 2.29. The van der Waals surface area contributed by atoms with Crippen molar-refractivity contribution in [3.8, 4) is 0 Å². The summed E-state index contributed by atoms with van der Waals surface area (Å²) in [6.07, 6.45) is -0.371. The summed E-state index contributed by atoms with van der Waals surface area (Å²) >= 11 is 5.86. The maximum absolute atomic E-state index is 12.2. The van der Waals surface area contributed by atoms with Crippen molar-refractivity contribution in [2.24, 2.45) is 11.1 Å². The molecule has 7 heteroatoms. The molecule has 0 aliphatic carbocycles. The molecule has 2 rings (SSSR count). The normalized spacial score (nSPS) is 17.9. The zero-order valence-electron chi connectivity index (χ0n) is 14.0. The van der Waals surface area contributed by atoms with Gasteiger partial charge in [0.15, 0.2) is 0 Å². The molecule has 0 spiro atoms. The van der Waals surface area contributed by atoms with E-state index >= 15 is 0 Å². The smallest absolute Gasteiger partial charge is 0.264 e. The molecular formula is C17H22ClN3O3. The van der Waals surface area contributed by atoms with Crippen molar-refractivity contribution in [1.82, 2.24) is 10.6 Å². The molecule has 2 N–H and O–H groups in total. The predicted molar refractivity (Wildman–Crippen MR) is 92.9 cm³/mol. The molecule has 24 heavy (non-hydrogen) atoms. The SMILES string of the molecule is CC(C)CNC(=O)C(C)NC(=O)C1CC(c2ccc(Cl)cc2)=NO1. The fraction of sp³-hybridized carbons (Fsp3) is 0.471. The molecule has 130 valence electrons. The number of hydrogen-bond donors (Lipinski definition) is 2. The van der Waals surface area contributed by atoms with Gasteiger partial charge in [0, 0.05) is 18.0 Å². The quantitative estimate of drug-likeness (QED) is 0.823. The van der Waals surface area contributed by atoms with Crippen LogP contribution in [-0.4, -0.2) is 36.2 Å². The van der Waals surface area contributed by atoms with E-state index in [1.165, 1.54) is 0 Å². The van der Waals surface area contributed by atoms with Crippen LogP contribution < -0.4 is 10.6 Å². The molecule has 0 saturated carbocycles. The van der Waals surface area contributed by atoms with Gasteiger partial charge < -0.3 is 15.5 Å². The van der Waals surface area contributed by atoms with Crippen molar-refractivity contribution >= 4 is 29.1 Å². The molecule has 0 radical (unpaired) electrons. The van der Waals surface area contributed by atoms with Crippen LogP contribution >= 0.6 is 11.6 Å². The van der Waals surface area contributed by atoms with Crippen molar-refractivity contribution in [2.45, 2.75) is 39.3 Å². The van der Waals surface area contributed by atoms with Crippen molar-refractivity contribution in [3.63, 3.8) is 0 Å². The first-order valence-corrected chi connectivity index (χ1v) is 8.31. The number of nitrogens with zero attached hydrogens (tertiary/aromatic N) is 1. The van der Waals surface area contributed by atoms with E-state index in [0.29, 0.717) is 29.6 Å². The third-order valence-corrected chi connectivity index (χ3v) is 3.83. The van der Waals surface area contributed by atoms with Gasteiger partial charge in [0.25, 0.3) is 5.91 Å². The van der Waals surface area contributed by atoms with Gasteiger partial charge in [0.2, 0.25) is 12.0 Å². The molecular weight excluding hydrogens is 330 g/mol. The van der Waals surface area contributed by atoms with E-state index in [2.05, 4.69) is 15.8 Å². The fourth-order valence-electron chi connectivity index (χ4n) is 2.16. The molecule has 0 aromatic heterocycles. The van der Waals surface area contributed by atoms with E-state index in [-0.39, 0.29) is 11.8 Å². The molecule has 1 aromatic rings. The highest BCUT2D eigenvalue weighted by atomic mass is 35.5. The van der Waals surface area contributed by atoms with E-state index in [4.69, 9.17) is 16.4 Å². The molecule has 6 nitrogen and oxygen atoms in total. The molecule has 1 aliphatic heterocycles. The van der Waals surface area contributed by atoms with Gasteiger partial charge in [-0.1, -0.05) is 42.7 Å². The van der Waals surface area contributed by atoms with Crippen LogP contribution in [0.2, 0.25) is 5.02 Å². The third-order valence-electron chi connectivity index (χ3n) is 3.58. The minimum atomic E-state index is -0.726. The number of halogens is 1. The minimum Gasteiger partial charge on any atom is -0.382 e. The topological polar surface area (TPSA) is 79.8 Å². The van der Waals surface area contributed by atoms with Gasteiger partial charge in [-0.05, 0) is 30.5 Å². The van der Waals surface area contributed by atoms with E-state index in [0.717, 1.165) is 5.56 Å². The maximum Gasteiger partial charge on any atom is 0.264 e. The molecule has 1 aliphatic rings. The lowest BCUT2D eigenvalue weighted by Gasteiger charge is -2.16. The van der Waals surface area contributed by atoms with Crippen LogP contribution in [0.5, 0.6) is 0 Å². The molecule has 0 saturated heterocycles. The standard InChI is InChI=1S/C17H22ClN3O3/c1-10(2)9-19-16(22)11(3)20-17(23)15-8-14(21-24-15)12-4-6-13(18)7-5-12/h4-7,10-11,15H,8-9H2,1-3H3,(H,19,22)(H,20,23). The number of benzene rings is 1. The van der Waals surface area contributed by atoms with E-state index < -0.39 is 12.1 Å². The summed E-state index contributed by atoms with van der Waals surface area (Å²) < 4.78 is 0. The van der Waals surface area contributed by atoms with Gasteiger partial charge in [-0.2, -0.15) is 0 Å². The molecule has 2 atom stereocenters. The first-order chi connectivity index (χ1) is 11.4. The van der Waals surface area contributed by atoms with Crippen molar-refractivity contribution < 1.29 is 14.4 Å². The summed E-state index contributed by atoms with van der Waals surface area (Å²) in [6, 6.07) is 6.54. The number of rotatable bonds is 6. The van der Waals surface area contributed by atoms with E-state index in [1.807, 2.05) is 26.0 Å². The highest BCUT2D eigenvalue weighted by Crippen LogP contribution is 2.18. The molecule has 2 unspecified atom stereocenters. The van der Waals surface area contributed by atoms with E-state index in [1.54, 1.807) is 19.1 Å².